The molecular weight excluding hydrogens is 263 g/mol. The van der Waals surface area contributed by atoms with Crippen LogP contribution in [0.5, 0.6) is 0 Å². The Balaban J connectivity index is 2.71. The highest BCUT2D eigenvalue weighted by molar-refractivity contribution is 6.30. The lowest BCUT2D eigenvalue weighted by Crippen LogP contribution is -2.03. The van der Waals surface area contributed by atoms with Gasteiger partial charge in [-0.15, -0.1) is 0 Å². The molecular formula is C10H6ClFN4O2. The van der Waals surface area contributed by atoms with Gasteiger partial charge in [0.15, 0.2) is 5.69 Å². The molecule has 8 heteroatoms. The maximum atomic E-state index is 13.7. The van der Waals surface area contributed by atoms with Gasteiger partial charge in [-0.05, 0) is 18.2 Å². The number of rotatable bonds is 2. The number of nitrogens with two attached hydrogens (primary N) is 1. The molecule has 2 aromatic rings. The number of nitrogen functional groups attached to an aromatic ring is 1. The molecule has 0 saturated heterocycles. The normalized spacial score (nSPS) is 10.3. The summed E-state index contributed by atoms with van der Waals surface area (Å²) in [4.78, 5) is 17.4. The van der Waals surface area contributed by atoms with Gasteiger partial charge < -0.3 is 5.73 Å². The lowest BCUT2D eigenvalue weighted by Gasteiger charge is -2.04. The van der Waals surface area contributed by atoms with Crippen molar-refractivity contribution in [1.29, 1.82) is 0 Å². The summed E-state index contributed by atoms with van der Waals surface area (Å²) < 4.78 is 13.7. The van der Waals surface area contributed by atoms with Crippen molar-refractivity contribution in [3.05, 3.63) is 45.5 Å². The van der Waals surface area contributed by atoms with Crippen LogP contribution in [0.15, 0.2) is 24.5 Å². The number of hydrogen-bond donors (Lipinski definition) is 1. The smallest absolute Gasteiger partial charge is 0.337 e. The third kappa shape index (κ3) is 2.07. The third-order valence-corrected chi connectivity index (χ3v) is 2.45. The van der Waals surface area contributed by atoms with Gasteiger partial charge in [0, 0.05) is 10.6 Å². The summed E-state index contributed by atoms with van der Waals surface area (Å²) >= 11 is 5.61. The SMILES string of the molecule is Nc1ncnc(-c2ccc(Cl)cc2F)c1[N+](=O)[O-]. The average Bonchev–Trinajstić information content (AvgIpc) is 2.28. The van der Waals surface area contributed by atoms with Crippen molar-refractivity contribution in [2.45, 2.75) is 0 Å². The molecule has 0 saturated carbocycles. The fourth-order valence-electron chi connectivity index (χ4n) is 1.45. The Bertz CT molecular complexity index is 635. The molecule has 0 bridgehead atoms. The minimum atomic E-state index is -0.751. The van der Waals surface area contributed by atoms with Gasteiger partial charge in [0.05, 0.1) is 4.92 Å². The Kier molecular flexibility index (Phi) is 3.07. The molecule has 0 unspecified atom stereocenters. The zero-order valence-corrected chi connectivity index (χ0v) is 9.56. The van der Waals surface area contributed by atoms with Gasteiger partial charge in [0.2, 0.25) is 5.82 Å². The molecule has 1 aromatic heterocycles. The van der Waals surface area contributed by atoms with E-state index in [4.69, 9.17) is 17.3 Å². The van der Waals surface area contributed by atoms with Gasteiger partial charge in [-0.25, -0.2) is 14.4 Å². The van der Waals surface area contributed by atoms with Crippen molar-refractivity contribution < 1.29 is 9.31 Å². The molecule has 0 aliphatic rings. The van der Waals surface area contributed by atoms with E-state index in [0.29, 0.717) is 0 Å². The van der Waals surface area contributed by atoms with Crippen molar-refractivity contribution in [3.8, 4) is 11.3 Å². The van der Waals surface area contributed by atoms with Gasteiger partial charge in [-0.1, -0.05) is 11.6 Å². The molecule has 2 rings (SSSR count). The number of halogens is 2. The molecule has 0 amide bonds. The molecule has 0 aliphatic heterocycles. The van der Waals surface area contributed by atoms with E-state index in [1.54, 1.807) is 0 Å². The fourth-order valence-corrected chi connectivity index (χ4v) is 1.61. The summed E-state index contributed by atoms with van der Waals surface area (Å²) in [6.07, 6.45) is 1.03. The quantitative estimate of drug-likeness (QED) is 0.666. The summed E-state index contributed by atoms with van der Waals surface area (Å²) in [6.45, 7) is 0. The summed E-state index contributed by atoms with van der Waals surface area (Å²) in [5.74, 6) is -1.04. The number of benzene rings is 1. The predicted molar refractivity (Wildman–Crippen MR) is 63.5 cm³/mol. The second-order valence-corrected chi connectivity index (χ2v) is 3.77. The molecule has 1 aromatic carbocycles. The van der Waals surface area contributed by atoms with E-state index < -0.39 is 16.4 Å². The van der Waals surface area contributed by atoms with Gasteiger partial charge in [0.25, 0.3) is 0 Å². The summed E-state index contributed by atoms with van der Waals surface area (Å²) in [5.41, 5.74) is 4.63. The summed E-state index contributed by atoms with van der Waals surface area (Å²) in [7, 11) is 0. The first-order valence-corrected chi connectivity index (χ1v) is 5.09. The van der Waals surface area contributed by atoms with Crippen molar-refractivity contribution in [1.82, 2.24) is 9.97 Å². The van der Waals surface area contributed by atoms with E-state index in [9.17, 15) is 14.5 Å². The zero-order valence-electron chi connectivity index (χ0n) is 8.80. The Morgan fingerprint density at radius 3 is 2.72 bits per heavy atom. The first-order chi connectivity index (χ1) is 8.50. The Morgan fingerprint density at radius 2 is 2.11 bits per heavy atom. The molecule has 1 heterocycles. The minimum Gasteiger partial charge on any atom is -0.378 e. The largest absolute Gasteiger partial charge is 0.378 e. The maximum Gasteiger partial charge on any atom is 0.337 e. The highest BCUT2D eigenvalue weighted by Crippen LogP contribution is 2.33. The molecule has 6 nitrogen and oxygen atoms in total. The van der Waals surface area contributed by atoms with E-state index in [1.807, 2.05) is 0 Å². The molecule has 0 atom stereocenters. The number of nitrogens with zero attached hydrogens (tertiary/aromatic N) is 3. The van der Waals surface area contributed by atoms with Crippen LogP contribution in [0, 0.1) is 15.9 Å². The van der Waals surface area contributed by atoms with Gasteiger partial charge in [-0.3, -0.25) is 10.1 Å². The van der Waals surface area contributed by atoms with Gasteiger partial charge in [-0.2, -0.15) is 0 Å². The monoisotopic (exact) mass is 268 g/mol. The molecule has 0 aliphatic carbocycles. The molecule has 18 heavy (non-hydrogen) atoms. The average molecular weight is 269 g/mol. The highest BCUT2D eigenvalue weighted by atomic mass is 35.5. The molecule has 2 N–H and O–H groups in total. The second-order valence-electron chi connectivity index (χ2n) is 3.34. The Morgan fingerprint density at radius 1 is 1.39 bits per heavy atom. The Hall–Kier alpha value is -2.28. The van der Waals surface area contributed by atoms with Crippen LogP contribution in [0.4, 0.5) is 15.9 Å². The van der Waals surface area contributed by atoms with Crippen LogP contribution in [0.3, 0.4) is 0 Å². The van der Waals surface area contributed by atoms with Crippen LogP contribution in [0.2, 0.25) is 5.02 Å². The number of nitro groups is 1. The van der Waals surface area contributed by atoms with Crippen molar-refractivity contribution >= 4 is 23.1 Å². The third-order valence-electron chi connectivity index (χ3n) is 2.22. The molecule has 92 valence electrons. The van der Waals surface area contributed by atoms with Crippen molar-refractivity contribution in [2.75, 3.05) is 5.73 Å². The first-order valence-electron chi connectivity index (χ1n) is 4.71. The fraction of sp³-hybridized carbons (Fsp3) is 0. The van der Waals surface area contributed by atoms with Crippen molar-refractivity contribution in [2.24, 2.45) is 0 Å². The van der Waals surface area contributed by atoms with Crippen LogP contribution >= 0.6 is 11.6 Å². The lowest BCUT2D eigenvalue weighted by molar-refractivity contribution is -0.383. The first kappa shape index (κ1) is 12.2. The molecule has 0 fully saturated rings. The minimum absolute atomic E-state index is 0.0554. The molecule has 0 spiro atoms. The van der Waals surface area contributed by atoms with Crippen LogP contribution in [0.1, 0.15) is 0 Å². The molecule has 0 radical (unpaired) electrons. The van der Waals surface area contributed by atoms with E-state index >= 15 is 0 Å². The maximum absolute atomic E-state index is 13.7. The number of hydrogen-bond acceptors (Lipinski definition) is 5. The lowest BCUT2D eigenvalue weighted by atomic mass is 10.1. The van der Waals surface area contributed by atoms with E-state index in [2.05, 4.69) is 9.97 Å². The van der Waals surface area contributed by atoms with Gasteiger partial charge in [0.1, 0.15) is 12.1 Å². The van der Waals surface area contributed by atoms with E-state index in [0.717, 1.165) is 12.4 Å². The van der Waals surface area contributed by atoms with E-state index in [-0.39, 0.29) is 22.1 Å². The summed E-state index contributed by atoms with van der Waals surface area (Å²) in [6, 6.07) is 3.74. The standard InChI is InChI=1S/C10H6ClFN4O2/c11-5-1-2-6(7(12)3-5)8-9(16(17)18)10(13)15-4-14-8/h1-4H,(H2,13,14,15). The summed E-state index contributed by atoms with van der Waals surface area (Å²) in [5, 5.41) is 11.1. The Labute approximate surface area is 105 Å². The second kappa shape index (κ2) is 4.53. The number of aromatic nitrogens is 2. The van der Waals surface area contributed by atoms with Crippen LogP contribution < -0.4 is 5.73 Å². The van der Waals surface area contributed by atoms with E-state index in [1.165, 1.54) is 12.1 Å². The van der Waals surface area contributed by atoms with Crippen LogP contribution in [-0.4, -0.2) is 14.9 Å². The van der Waals surface area contributed by atoms with Crippen molar-refractivity contribution in [3.63, 3.8) is 0 Å². The topological polar surface area (TPSA) is 94.9 Å². The highest BCUT2D eigenvalue weighted by Gasteiger charge is 2.24. The van der Waals surface area contributed by atoms with Crippen LogP contribution in [0.25, 0.3) is 11.3 Å². The predicted octanol–water partition coefficient (Wildman–Crippen LogP) is 2.43. The van der Waals surface area contributed by atoms with Gasteiger partial charge >= 0.3 is 5.69 Å². The number of anilines is 1. The van der Waals surface area contributed by atoms with Crippen LogP contribution in [-0.2, 0) is 0 Å². The zero-order chi connectivity index (χ0) is 13.3.